The third-order valence-corrected chi connectivity index (χ3v) is 8.20. The molecule has 0 amide bonds. The predicted octanol–water partition coefficient (Wildman–Crippen LogP) is 10.7. The molecular weight excluding hydrogens is 538 g/mol. The second-order valence-corrected chi connectivity index (χ2v) is 12.0. The Bertz CT molecular complexity index is 1080. The number of rotatable bonds is 16. The first-order chi connectivity index (χ1) is 20.0. The molecule has 0 spiro atoms. The highest BCUT2D eigenvalue weighted by Gasteiger charge is 2.14. The van der Waals surface area contributed by atoms with Crippen LogP contribution >= 0.6 is 12.4 Å². The van der Waals surface area contributed by atoms with Gasteiger partial charge in [-0.15, -0.1) is 12.4 Å². The molecule has 2 aliphatic carbocycles. The molecule has 0 saturated carbocycles. The van der Waals surface area contributed by atoms with E-state index in [9.17, 15) is 4.79 Å². The van der Waals surface area contributed by atoms with Crippen molar-refractivity contribution in [2.24, 2.45) is 5.92 Å². The molecule has 1 unspecified atom stereocenters. The van der Waals surface area contributed by atoms with E-state index in [0.717, 1.165) is 31.7 Å². The zero-order valence-corrected chi connectivity index (χ0v) is 26.9. The molecule has 230 valence electrons. The maximum atomic E-state index is 10.3. The van der Waals surface area contributed by atoms with E-state index in [0.29, 0.717) is 6.42 Å². The fourth-order valence-electron chi connectivity index (χ4n) is 5.82. The lowest BCUT2D eigenvalue weighted by Gasteiger charge is -2.13. The van der Waals surface area contributed by atoms with Crippen molar-refractivity contribution < 1.29 is 9.90 Å². The largest absolute Gasteiger partial charge is 0.481 e. The summed E-state index contributed by atoms with van der Waals surface area (Å²) in [5.74, 6) is 0.235. The molecule has 0 fully saturated rings. The zero-order chi connectivity index (χ0) is 29.1. The number of hydrogen-bond donors (Lipinski definition) is 1. The summed E-state index contributed by atoms with van der Waals surface area (Å²) in [6.07, 6.45) is 29.8. The number of fused-ring (bicyclic) bond motifs is 2. The second kappa shape index (κ2) is 21.1. The molecule has 0 radical (unpaired) electrons. The van der Waals surface area contributed by atoms with Gasteiger partial charge in [0, 0.05) is 13.0 Å². The van der Waals surface area contributed by atoms with Gasteiger partial charge < -0.3 is 10.0 Å². The minimum atomic E-state index is -0.655. The monoisotopic (exact) mass is 591 g/mol. The molecule has 1 atom stereocenters. The van der Waals surface area contributed by atoms with Crippen LogP contribution in [-0.2, 0) is 4.79 Å². The van der Waals surface area contributed by atoms with Gasteiger partial charge in [0.2, 0.25) is 0 Å². The average molecular weight is 592 g/mol. The van der Waals surface area contributed by atoms with Gasteiger partial charge in [-0.3, -0.25) is 4.79 Å². The summed E-state index contributed by atoms with van der Waals surface area (Å²) in [4.78, 5) is 12.6. The number of carboxylic acid groups (broad SMARTS) is 1. The number of unbranched alkanes of at least 4 members (excludes halogenated alkanes) is 9. The molecule has 0 saturated heterocycles. The summed E-state index contributed by atoms with van der Waals surface area (Å²) in [6, 6.07) is 17.3. The van der Waals surface area contributed by atoms with Crippen molar-refractivity contribution in [2.75, 3.05) is 20.6 Å². The lowest BCUT2D eigenvalue weighted by atomic mass is 9.93. The van der Waals surface area contributed by atoms with E-state index in [4.69, 9.17) is 5.11 Å². The first-order valence-corrected chi connectivity index (χ1v) is 16.1. The lowest BCUT2D eigenvalue weighted by Crippen LogP contribution is -2.12. The molecule has 4 heteroatoms. The van der Waals surface area contributed by atoms with Crippen LogP contribution in [0.15, 0.2) is 66.8 Å². The van der Waals surface area contributed by atoms with E-state index in [-0.39, 0.29) is 12.4 Å². The maximum absolute atomic E-state index is 10.3. The van der Waals surface area contributed by atoms with Crippen LogP contribution < -0.4 is 0 Å². The van der Waals surface area contributed by atoms with Gasteiger partial charge in [-0.2, -0.15) is 0 Å². The van der Waals surface area contributed by atoms with E-state index in [2.05, 4.69) is 97.9 Å². The number of carboxylic acids is 1. The Kier molecular flexibility index (Phi) is 17.9. The van der Waals surface area contributed by atoms with Crippen LogP contribution in [0, 0.1) is 5.92 Å². The van der Waals surface area contributed by atoms with Crippen molar-refractivity contribution in [3.63, 3.8) is 0 Å². The molecule has 0 aliphatic heterocycles. The second-order valence-electron chi connectivity index (χ2n) is 12.0. The van der Waals surface area contributed by atoms with E-state index in [1.807, 2.05) is 0 Å². The summed E-state index contributed by atoms with van der Waals surface area (Å²) < 4.78 is 0. The molecule has 42 heavy (non-hydrogen) atoms. The quantitative estimate of drug-likeness (QED) is 0.133. The van der Waals surface area contributed by atoms with Crippen LogP contribution in [0.5, 0.6) is 0 Å². The average Bonchev–Trinajstić information content (AvgIpc) is 3.43. The third kappa shape index (κ3) is 13.6. The van der Waals surface area contributed by atoms with Gasteiger partial charge in [0.1, 0.15) is 0 Å². The summed E-state index contributed by atoms with van der Waals surface area (Å²) in [7, 11) is 4.24. The van der Waals surface area contributed by atoms with Crippen LogP contribution in [0.1, 0.15) is 119 Å². The number of aliphatic carboxylic acids is 1. The van der Waals surface area contributed by atoms with Gasteiger partial charge in [-0.25, -0.2) is 0 Å². The smallest absolute Gasteiger partial charge is 0.303 e. The SMILES string of the molecule is CN(C)CCC=C1c2ccccc2C=Cc2ccccc21.Cl.O=C(O)CCCCCCCCCCCCC1C=CCC1. The lowest BCUT2D eigenvalue weighted by molar-refractivity contribution is -0.137. The number of nitrogens with zero attached hydrogens (tertiary/aromatic N) is 1. The van der Waals surface area contributed by atoms with E-state index in [1.165, 1.54) is 98.5 Å². The Morgan fingerprint density at radius 1 is 0.810 bits per heavy atom. The van der Waals surface area contributed by atoms with E-state index >= 15 is 0 Å². The maximum Gasteiger partial charge on any atom is 0.303 e. The highest BCUT2D eigenvalue weighted by atomic mass is 35.5. The summed E-state index contributed by atoms with van der Waals surface area (Å²) >= 11 is 0. The highest BCUT2D eigenvalue weighted by Crippen LogP contribution is 2.33. The first-order valence-electron chi connectivity index (χ1n) is 16.1. The topological polar surface area (TPSA) is 40.5 Å². The molecule has 2 aromatic carbocycles. The van der Waals surface area contributed by atoms with Gasteiger partial charge in [0.05, 0.1) is 0 Å². The Morgan fingerprint density at radius 3 is 1.83 bits per heavy atom. The zero-order valence-electron chi connectivity index (χ0n) is 26.1. The molecule has 1 N–H and O–H groups in total. The van der Waals surface area contributed by atoms with Crippen LogP contribution in [0.3, 0.4) is 0 Å². The molecule has 0 bridgehead atoms. The highest BCUT2D eigenvalue weighted by molar-refractivity contribution is 5.93. The first kappa shape index (κ1) is 35.6. The van der Waals surface area contributed by atoms with Gasteiger partial charge >= 0.3 is 5.97 Å². The number of allylic oxidation sites excluding steroid dienone is 2. The van der Waals surface area contributed by atoms with Crippen LogP contribution in [0.4, 0.5) is 0 Å². The third-order valence-electron chi connectivity index (χ3n) is 8.20. The predicted molar refractivity (Wildman–Crippen MR) is 184 cm³/mol. The van der Waals surface area contributed by atoms with Gasteiger partial charge in [0.15, 0.2) is 0 Å². The van der Waals surface area contributed by atoms with Crippen LogP contribution in [0.25, 0.3) is 17.7 Å². The van der Waals surface area contributed by atoms with Gasteiger partial charge in [-0.05, 0) is 79.9 Å². The van der Waals surface area contributed by atoms with Crippen molar-refractivity contribution in [2.45, 2.75) is 96.3 Å². The summed E-state index contributed by atoms with van der Waals surface area (Å²) in [5.41, 5.74) is 6.61. The van der Waals surface area contributed by atoms with Crippen molar-refractivity contribution in [3.05, 3.63) is 89.0 Å². The van der Waals surface area contributed by atoms with E-state index in [1.54, 1.807) is 0 Å². The molecule has 3 nitrogen and oxygen atoms in total. The number of benzene rings is 2. The number of carbonyl (C=O) groups is 1. The Labute approximate surface area is 262 Å². The molecule has 2 aromatic rings. The Balaban J connectivity index is 0.000000287. The normalized spacial score (nSPS) is 14.8. The standard InChI is InChI=1S/C20H21N.C18H32O2.ClH/c1-21(2)15-7-12-20-18-10-5-3-8-16(18)13-14-17-9-4-6-11-19(17)20;19-18(20)16-10-8-6-4-2-1-3-5-7-9-13-17-14-11-12-15-17;/h3-6,8-14H,7,15H2,1-2H3;11,14,17H,1-10,12-13,15-16H2,(H,19,20);1H. The Hall–Kier alpha value is -2.62. The van der Waals surface area contributed by atoms with Crippen molar-refractivity contribution in [1.29, 1.82) is 0 Å². The van der Waals surface area contributed by atoms with Crippen molar-refractivity contribution in [3.8, 4) is 0 Å². The molecule has 0 aromatic heterocycles. The number of hydrogen-bond acceptors (Lipinski definition) is 2. The van der Waals surface area contributed by atoms with Gasteiger partial charge in [-0.1, -0.05) is 137 Å². The minimum Gasteiger partial charge on any atom is -0.481 e. The van der Waals surface area contributed by atoms with Crippen molar-refractivity contribution in [1.82, 2.24) is 4.90 Å². The molecule has 4 rings (SSSR count). The van der Waals surface area contributed by atoms with Crippen LogP contribution in [0.2, 0.25) is 0 Å². The summed E-state index contributed by atoms with van der Waals surface area (Å²) in [5, 5.41) is 8.52. The van der Waals surface area contributed by atoms with Crippen LogP contribution in [-0.4, -0.2) is 36.6 Å². The van der Waals surface area contributed by atoms with Crippen molar-refractivity contribution >= 4 is 36.1 Å². The Morgan fingerprint density at radius 2 is 1.33 bits per heavy atom. The number of halogens is 1. The fraction of sp³-hybridized carbons (Fsp3) is 0.500. The van der Waals surface area contributed by atoms with E-state index < -0.39 is 5.97 Å². The molecule has 0 heterocycles. The fourth-order valence-corrected chi connectivity index (χ4v) is 5.82. The van der Waals surface area contributed by atoms with Gasteiger partial charge in [0.25, 0.3) is 0 Å². The molecular formula is C38H54ClNO2. The molecule has 2 aliphatic rings. The minimum absolute atomic E-state index is 0. The summed E-state index contributed by atoms with van der Waals surface area (Å²) in [6.45, 7) is 1.07.